The van der Waals surface area contributed by atoms with Crippen molar-refractivity contribution in [1.82, 2.24) is 29.8 Å². The van der Waals surface area contributed by atoms with Gasteiger partial charge in [-0.2, -0.15) is 0 Å². The maximum Gasteiger partial charge on any atom is 0.135 e. The van der Waals surface area contributed by atoms with Crippen LogP contribution in [0.2, 0.25) is 0 Å². The zero-order valence-corrected chi connectivity index (χ0v) is 40.9. The molecular formula is C45H92N6OS2. The van der Waals surface area contributed by atoms with Crippen LogP contribution in [0.1, 0.15) is 163 Å². The number of likely N-dealkylation sites (tertiary alicyclic amines) is 2. The molecule has 6 aliphatic rings. The molecule has 0 radical (unpaired) electrons. The minimum absolute atomic E-state index is 0.0379. The molecule has 0 amide bonds. The van der Waals surface area contributed by atoms with Crippen LogP contribution in [-0.4, -0.2) is 145 Å². The largest absolute Gasteiger partial charge is 0.358 e. The zero-order valence-electron chi connectivity index (χ0n) is 39.3. The number of hydrogen-bond donors (Lipinski definition) is 1. The van der Waals surface area contributed by atoms with Gasteiger partial charge in [0.05, 0.1) is 16.3 Å². The highest BCUT2D eigenvalue weighted by Crippen LogP contribution is 2.47. The van der Waals surface area contributed by atoms with Crippen LogP contribution in [0.5, 0.6) is 0 Å². The van der Waals surface area contributed by atoms with Crippen LogP contribution in [-0.2, 0) is 4.74 Å². The summed E-state index contributed by atoms with van der Waals surface area (Å²) in [7, 11) is 0. The van der Waals surface area contributed by atoms with Gasteiger partial charge in [-0.15, -0.1) is 23.5 Å². The average Bonchev–Trinajstić information content (AvgIpc) is 3.74. The average molecular weight is 797 g/mol. The van der Waals surface area contributed by atoms with Crippen molar-refractivity contribution in [2.24, 2.45) is 5.92 Å². The quantitative estimate of drug-likeness (QED) is 0.258. The third-order valence-electron chi connectivity index (χ3n) is 12.0. The van der Waals surface area contributed by atoms with Gasteiger partial charge < -0.3 is 10.1 Å². The minimum atomic E-state index is -0.0379. The first-order chi connectivity index (χ1) is 24.6. The van der Waals surface area contributed by atoms with Gasteiger partial charge in [0, 0.05) is 78.5 Å². The highest BCUT2D eigenvalue weighted by molar-refractivity contribution is 8.01. The van der Waals surface area contributed by atoms with Gasteiger partial charge in [0.1, 0.15) is 5.72 Å². The highest BCUT2D eigenvalue weighted by atomic mass is 32.2. The lowest BCUT2D eigenvalue weighted by atomic mass is 9.91. The fourth-order valence-corrected chi connectivity index (χ4v) is 13.1. The van der Waals surface area contributed by atoms with E-state index in [9.17, 15) is 0 Å². The van der Waals surface area contributed by atoms with Gasteiger partial charge in [-0.05, 0) is 168 Å². The predicted octanol–water partition coefficient (Wildman–Crippen LogP) is 9.71. The Morgan fingerprint density at radius 2 is 0.963 bits per heavy atom. The lowest BCUT2D eigenvalue weighted by molar-refractivity contribution is -0.161. The Morgan fingerprint density at radius 1 is 0.519 bits per heavy atom. The molecule has 1 N–H and O–H groups in total. The lowest BCUT2D eigenvalue weighted by Gasteiger charge is -2.53. The summed E-state index contributed by atoms with van der Waals surface area (Å²) in [5.41, 5.74) is 1.32. The molecule has 6 aliphatic heterocycles. The van der Waals surface area contributed by atoms with Gasteiger partial charge in [0.15, 0.2) is 0 Å². The molecule has 9 heteroatoms. The molecule has 3 unspecified atom stereocenters. The van der Waals surface area contributed by atoms with Gasteiger partial charge in [-0.1, -0.05) is 20.8 Å². The standard InChI is InChI=1S/C15H30N2O.C15H30N2S.C11H22N2S.C4H10/c2*1-13(2,3)16-9-7-8-15(12-16)17(10-11-18-15)14(4,5)6;1-10(2,3)13-7-8-14-11(13)5-4-6-12-9-11;1-4(2)3/h2*7-12H2,1-6H3;12H,4-9H2,1-3H3;4H,1-3H3. The van der Waals surface area contributed by atoms with E-state index in [0.717, 1.165) is 25.6 Å². The molecule has 3 spiro atoms. The molecule has 0 aromatic rings. The molecular weight excluding hydrogens is 705 g/mol. The number of nitrogens with one attached hydrogen (secondary N) is 1. The third kappa shape index (κ3) is 13.0. The summed E-state index contributed by atoms with van der Waals surface area (Å²) in [4.78, 5) is 14.1. The number of rotatable bonds is 0. The molecule has 6 saturated heterocycles. The van der Waals surface area contributed by atoms with Crippen LogP contribution in [0.3, 0.4) is 0 Å². The Bertz CT molecular complexity index is 1060. The van der Waals surface area contributed by atoms with Gasteiger partial charge in [-0.25, -0.2) is 0 Å². The van der Waals surface area contributed by atoms with Gasteiger partial charge in [0.25, 0.3) is 0 Å². The van der Waals surface area contributed by atoms with Crippen LogP contribution in [0.25, 0.3) is 0 Å². The number of thioether (sulfide) groups is 2. The van der Waals surface area contributed by atoms with E-state index in [1.165, 1.54) is 95.8 Å². The predicted molar refractivity (Wildman–Crippen MR) is 242 cm³/mol. The SMILES string of the molecule is CC(C)(C)N1CCCC2(C1)OCCN2C(C)(C)C.CC(C)(C)N1CCCC2(C1)SCCN2C(C)(C)C.CC(C)(C)N1CCSC12CCCNC2.CC(C)C. The molecule has 0 saturated carbocycles. The molecule has 6 heterocycles. The van der Waals surface area contributed by atoms with E-state index >= 15 is 0 Å². The van der Waals surface area contributed by atoms with E-state index in [-0.39, 0.29) is 16.8 Å². The number of hydrogen-bond acceptors (Lipinski definition) is 9. The smallest absolute Gasteiger partial charge is 0.135 e. The molecule has 7 nitrogen and oxygen atoms in total. The van der Waals surface area contributed by atoms with E-state index in [1.54, 1.807) is 0 Å². The third-order valence-corrected chi connectivity index (χ3v) is 15.0. The maximum absolute atomic E-state index is 6.23. The first-order valence-electron chi connectivity index (χ1n) is 22.0. The molecule has 0 aromatic heterocycles. The Kier molecular flexibility index (Phi) is 17.0. The van der Waals surface area contributed by atoms with Gasteiger partial charge in [0.2, 0.25) is 0 Å². The topological polar surface area (TPSA) is 37.5 Å². The highest BCUT2D eigenvalue weighted by Gasteiger charge is 2.52. The van der Waals surface area contributed by atoms with Crippen molar-refractivity contribution in [3.8, 4) is 0 Å². The zero-order chi connectivity index (χ0) is 41.0. The van der Waals surface area contributed by atoms with E-state index < -0.39 is 0 Å². The van der Waals surface area contributed by atoms with Crippen molar-refractivity contribution >= 4 is 23.5 Å². The Morgan fingerprint density at radius 3 is 1.43 bits per heavy atom. The summed E-state index contributed by atoms with van der Waals surface area (Å²) in [6, 6.07) is 0. The number of ether oxygens (including phenoxy) is 1. The monoisotopic (exact) mass is 797 g/mol. The Balaban J connectivity index is 0.000000209. The molecule has 0 bridgehead atoms. The Labute approximate surface area is 345 Å². The van der Waals surface area contributed by atoms with Gasteiger partial charge in [-0.3, -0.25) is 24.5 Å². The van der Waals surface area contributed by atoms with E-state index in [0.29, 0.717) is 26.4 Å². The minimum Gasteiger partial charge on any atom is -0.358 e. The normalized spacial score (nSPS) is 31.4. The fraction of sp³-hybridized carbons (Fsp3) is 1.00. The van der Waals surface area contributed by atoms with Crippen LogP contribution >= 0.6 is 23.5 Å². The molecule has 6 rings (SSSR count). The lowest BCUT2D eigenvalue weighted by Crippen LogP contribution is -2.63. The molecule has 6 fully saturated rings. The van der Waals surface area contributed by atoms with Crippen molar-refractivity contribution in [3.63, 3.8) is 0 Å². The molecule has 3 atom stereocenters. The molecule has 0 aromatic carbocycles. The van der Waals surface area contributed by atoms with Crippen molar-refractivity contribution < 1.29 is 4.74 Å². The van der Waals surface area contributed by atoms with Crippen LogP contribution in [0.4, 0.5) is 0 Å². The summed E-state index contributed by atoms with van der Waals surface area (Å²) >= 11 is 4.37. The van der Waals surface area contributed by atoms with Gasteiger partial charge >= 0.3 is 0 Å². The number of piperidine rings is 3. The molecule has 54 heavy (non-hydrogen) atoms. The van der Waals surface area contributed by atoms with Crippen molar-refractivity contribution in [1.29, 1.82) is 0 Å². The van der Waals surface area contributed by atoms with Crippen molar-refractivity contribution in [2.75, 3.05) is 77.0 Å². The van der Waals surface area contributed by atoms with Crippen LogP contribution < -0.4 is 5.32 Å². The number of nitrogens with zero attached hydrogens (tertiary/aromatic N) is 5. The van der Waals surface area contributed by atoms with Crippen molar-refractivity contribution in [2.45, 2.75) is 206 Å². The second kappa shape index (κ2) is 18.8. The van der Waals surface area contributed by atoms with Crippen LogP contribution in [0, 0.1) is 5.92 Å². The summed E-state index contributed by atoms with van der Waals surface area (Å²) in [5.74, 6) is 3.44. The van der Waals surface area contributed by atoms with E-state index in [1.807, 2.05) is 0 Å². The van der Waals surface area contributed by atoms with Crippen LogP contribution in [0.15, 0.2) is 0 Å². The first kappa shape index (κ1) is 48.8. The summed E-state index contributed by atoms with van der Waals surface area (Å²) in [6.45, 7) is 53.2. The second-order valence-corrected chi connectivity index (χ2v) is 25.7. The molecule has 320 valence electrons. The summed E-state index contributed by atoms with van der Waals surface area (Å²) in [5, 5.41) is 3.56. The Hall–Kier alpha value is 0.420. The maximum atomic E-state index is 6.23. The first-order valence-corrected chi connectivity index (χ1v) is 24.0. The second-order valence-electron chi connectivity index (χ2n) is 22.8. The summed E-state index contributed by atoms with van der Waals surface area (Å²) in [6.07, 6.45) is 7.82. The molecule has 0 aliphatic carbocycles. The fourth-order valence-electron chi connectivity index (χ4n) is 9.71. The van der Waals surface area contributed by atoms with E-state index in [2.05, 4.69) is 178 Å². The van der Waals surface area contributed by atoms with E-state index in [4.69, 9.17) is 4.74 Å². The summed E-state index contributed by atoms with van der Waals surface area (Å²) < 4.78 is 6.23. The van der Waals surface area contributed by atoms with Crippen molar-refractivity contribution in [3.05, 3.63) is 0 Å².